The van der Waals surface area contributed by atoms with Crippen LogP contribution >= 0.6 is 27.7 Å². The van der Waals surface area contributed by atoms with E-state index >= 15 is 0 Å². The van der Waals surface area contributed by atoms with Crippen LogP contribution in [0.2, 0.25) is 0 Å². The van der Waals surface area contributed by atoms with Crippen LogP contribution in [-0.2, 0) is 0 Å². The standard InChI is InChI=1S/C13H17BrN2S/c1-3-10-6-7-17-13(15-10)16-12-5-4-9(2)8-11(12)14/h4-5,8,10H,3,6-7H2,1-2H3,(H,15,16). The van der Waals surface area contributed by atoms with Crippen LogP contribution in [0.5, 0.6) is 0 Å². The second kappa shape index (κ2) is 5.91. The number of halogens is 1. The quantitative estimate of drug-likeness (QED) is 0.873. The molecule has 1 aliphatic rings. The summed E-state index contributed by atoms with van der Waals surface area (Å²) in [5.41, 5.74) is 2.35. The predicted molar refractivity (Wildman–Crippen MR) is 81.1 cm³/mol. The van der Waals surface area contributed by atoms with Gasteiger partial charge in [-0.1, -0.05) is 24.8 Å². The van der Waals surface area contributed by atoms with E-state index in [0.717, 1.165) is 27.5 Å². The molecule has 92 valence electrons. The third-order valence-electron chi connectivity index (χ3n) is 2.83. The number of thioether (sulfide) groups is 1. The van der Waals surface area contributed by atoms with Gasteiger partial charge in [0.05, 0.1) is 11.7 Å². The summed E-state index contributed by atoms with van der Waals surface area (Å²) < 4.78 is 1.10. The van der Waals surface area contributed by atoms with Crippen molar-refractivity contribution in [3.63, 3.8) is 0 Å². The Morgan fingerprint density at radius 1 is 1.53 bits per heavy atom. The lowest BCUT2D eigenvalue weighted by Crippen LogP contribution is -2.19. The Hall–Kier alpha value is -0.480. The highest BCUT2D eigenvalue weighted by Gasteiger charge is 2.14. The molecule has 0 saturated carbocycles. The Morgan fingerprint density at radius 2 is 2.35 bits per heavy atom. The van der Waals surface area contributed by atoms with E-state index in [0.29, 0.717) is 6.04 Å². The average molecular weight is 313 g/mol. The molecule has 0 aliphatic carbocycles. The molecule has 1 aromatic carbocycles. The monoisotopic (exact) mass is 312 g/mol. The molecule has 17 heavy (non-hydrogen) atoms. The molecule has 0 saturated heterocycles. The highest BCUT2D eigenvalue weighted by molar-refractivity contribution is 9.10. The first-order valence-corrected chi connectivity index (χ1v) is 7.70. The van der Waals surface area contributed by atoms with Gasteiger partial charge in [-0.05, 0) is 53.4 Å². The molecule has 1 unspecified atom stereocenters. The molecule has 1 aliphatic heterocycles. The minimum atomic E-state index is 0.489. The fourth-order valence-electron chi connectivity index (χ4n) is 1.76. The maximum Gasteiger partial charge on any atom is 0.161 e. The van der Waals surface area contributed by atoms with Crippen molar-refractivity contribution in [2.45, 2.75) is 32.7 Å². The van der Waals surface area contributed by atoms with Gasteiger partial charge in [-0.25, -0.2) is 0 Å². The fraction of sp³-hybridized carbons (Fsp3) is 0.462. The molecular weight excluding hydrogens is 296 g/mol. The molecule has 1 aromatic rings. The number of amidine groups is 1. The third kappa shape index (κ3) is 3.49. The van der Waals surface area contributed by atoms with Crippen LogP contribution in [-0.4, -0.2) is 17.0 Å². The van der Waals surface area contributed by atoms with Crippen LogP contribution in [0.3, 0.4) is 0 Å². The highest BCUT2D eigenvalue weighted by atomic mass is 79.9. The zero-order valence-corrected chi connectivity index (χ0v) is 12.6. The SMILES string of the molecule is CCC1CCSC(Nc2ccc(C)cc2Br)=N1. The summed E-state index contributed by atoms with van der Waals surface area (Å²) in [6, 6.07) is 6.81. The first-order valence-electron chi connectivity index (χ1n) is 5.93. The largest absolute Gasteiger partial charge is 0.334 e. The van der Waals surface area contributed by atoms with E-state index < -0.39 is 0 Å². The molecule has 0 radical (unpaired) electrons. The van der Waals surface area contributed by atoms with E-state index in [-0.39, 0.29) is 0 Å². The van der Waals surface area contributed by atoms with E-state index in [1.54, 1.807) is 0 Å². The van der Waals surface area contributed by atoms with Crippen molar-refractivity contribution in [2.75, 3.05) is 11.1 Å². The molecule has 0 fully saturated rings. The minimum absolute atomic E-state index is 0.489. The molecule has 0 spiro atoms. The van der Waals surface area contributed by atoms with Crippen molar-refractivity contribution in [3.05, 3.63) is 28.2 Å². The van der Waals surface area contributed by atoms with Crippen molar-refractivity contribution >= 4 is 38.5 Å². The van der Waals surface area contributed by atoms with E-state index in [4.69, 9.17) is 4.99 Å². The molecular formula is C13H17BrN2S. The molecule has 0 aromatic heterocycles. The topological polar surface area (TPSA) is 24.4 Å². The Balaban J connectivity index is 2.12. The lowest BCUT2D eigenvalue weighted by Gasteiger charge is -2.20. The molecule has 1 N–H and O–H groups in total. The number of hydrogen-bond acceptors (Lipinski definition) is 3. The number of aliphatic imine (C=N–C) groups is 1. The summed E-state index contributed by atoms with van der Waals surface area (Å²) in [5, 5.41) is 4.46. The van der Waals surface area contributed by atoms with Gasteiger partial charge in [0.2, 0.25) is 0 Å². The lowest BCUT2D eigenvalue weighted by molar-refractivity contribution is 0.634. The van der Waals surface area contributed by atoms with Gasteiger partial charge < -0.3 is 5.32 Å². The number of nitrogens with one attached hydrogen (secondary N) is 1. The van der Waals surface area contributed by atoms with Crippen LogP contribution in [0.1, 0.15) is 25.3 Å². The van der Waals surface area contributed by atoms with E-state index in [1.165, 1.54) is 12.0 Å². The second-order valence-electron chi connectivity index (χ2n) is 4.24. The minimum Gasteiger partial charge on any atom is -0.334 e. The number of rotatable bonds is 2. The third-order valence-corrected chi connectivity index (χ3v) is 4.40. The molecule has 1 atom stereocenters. The first kappa shape index (κ1) is 13.0. The van der Waals surface area contributed by atoms with Crippen LogP contribution in [0.25, 0.3) is 0 Å². The Labute approximate surface area is 115 Å². The molecule has 0 amide bonds. The Bertz CT molecular complexity index is 431. The van der Waals surface area contributed by atoms with Gasteiger partial charge in [-0.3, -0.25) is 4.99 Å². The number of benzene rings is 1. The first-order chi connectivity index (χ1) is 8.19. The summed E-state index contributed by atoms with van der Waals surface area (Å²) in [5.74, 6) is 1.16. The molecule has 4 heteroatoms. The summed E-state index contributed by atoms with van der Waals surface area (Å²) in [4.78, 5) is 4.71. The van der Waals surface area contributed by atoms with Crippen LogP contribution in [0, 0.1) is 6.92 Å². The highest BCUT2D eigenvalue weighted by Crippen LogP contribution is 2.26. The van der Waals surface area contributed by atoms with Crippen LogP contribution < -0.4 is 5.32 Å². The second-order valence-corrected chi connectivity index (χ2v) is 6.18. The number of anilines is 1. The van der Waals surface area contributed by atoms with Crippen LogP contribution in [0.15, 0.2) is 27.7 Å². The Kier molecular flexibility index (Phi) is 4.51. The van der Waals surface area contributed by atoms with Gasteiger partial charge in [0, 0.05) is 10.2 Å². The predicted octanol–water partition coefficient (Wildman–Crippen LogP) is 4.44. The molecule has 0 bridgehead atoms. The summed E-state index contributed by atoms with van der Waals surface area (Å²) in [7, 11) is 0. The van der Waals surface area contributed by atoms with E-state index in [2.05, 4.69) is 53.3 Å². The van der Waals surface area contributed by atoms with Gasteiger partial charge in [0.1, 0.15) is 0 Å². The molecule has 1 heterocycles. The van der Waals surface area contributed by atoms with Gasteiger partial charge in [-0.2, -0.15) is 0 Å². The molecule has 2 rings (SSSR count). The van der Waals surface area contributed by atoms with Crippen molar-refractivity contribution in [3.8, 4) is 0 Å². The van der Waals surface area contributed by atoms with E-state index in [9.17, 15) is 0 Å². The van der Waals surface area contributed by atoms with Gasteiger partial charge >= 0.3 is 0 Å². The van der Waals surface area contributed by atoms with Gasteiger partial charge in [0.25, 0.3) is 0 Å². The fourth-order valence-corrected chi connectivity index (χ4v) is 3.34. The maximum atomic E-state index is 4.71. The number of hydrogen-bond donors (Lipinski definition) is 1. The van der Waals surface area contributed by atoms with Crippen molar-refractivity contribution < 1.29 is 0 Å². The summed E-state index contributed by atoms with van der Waals surface area (Å²) in [6.07, 6.45) is 2.32. The van der Waals surface area contributed by atoms with Crippen LogP contribution in [0.4, 0.5) is 5.69 Å². The summed E-state index contributed by atoms with van der Waals surface area (Å²) >= 11 is 5.39. The molecule has 2 nitrogen and oxygen atoms in total. The normalized spacial score (nSPS) is 19.9. The number of nitrogens with zero attached hydrogens (tertiary/aromatic N) is 1. The lowest BCUT2D eigenvalue weighted by atomic mass is 10.2. The zero-order valence-electron chi connectivity index (χ0n) is 10.2. The smallest absolute Gasteiger partial charge is 0.161 e. The van der Waals surface area contributed by atoms with E-state index in [1.807, 2.05) is 11.8 Å². The van der Waals surface area contributed by atoms with Crippen molar-refractivity contribution in [1.29, 1.82) is 0 Å². The van der Waals surface area contributed by atoms with Gasteiger partial charge in [-0.15, -0.1) is 0 Å². The van der Waals surface area contributed by atoms with Crippen molar-refractivity contribution in [2.24, 2.45) is 4.99 Å². The number of aryl methyl sites for hydroxylation is 1. The Morgan fingerprint density at radius 3 is 3.06 bits per heavy atom. The van der Waals surface area contributed by atoms with Crippen molar-refractivity contribution in [1.82, 2.24) is 0 Å². The van der Waals surface area contributed by atoms with Gasteiger partial charge in [0.15, 0.2) is 5.17 Å². The summed E-state index contributed by atoms with van der Waals surface area (Å²) in [6.45, 7) is 4.29. The maximum absolute atomic E-state index is 4.71. The average Bonchev–Trinajstić information content (AvgIpc) is 2.33. The zero-order chi connectivity index (χ0) is 12.3.